The van der Waals surface area contributed by atoms with Gasteiger partial charge in [-0.2, -0.15) is 0 Å². The molecule has 0 unspecified atom stereocenters. The molecule has 2 saturated heterocycles. The van der Waals surface area contributed by atoms with Crippen molar-refractivity contribution >= 4 is 27.3 Å². The number of nitrogens with one attached hydrogen (secondary N) is 1. The van der Waals surface area contributed by atoms with Crippen molar-refractivity contribution in [2.75, 3.05) is 29.5 Å². The minimum absolute atomic E-state index is 0.00807. The molecule has 2 heterocycles. The van der Waals surface area contributed by atoms with Crippen LogP contribution in [0.4, 0.5) is 5.69 Å². The topological polar surface area (TPSA) is 83.5 Å². The first-order valence-electron chi connectivity index (χ1n) is 7.78. The van der Waals surface area contributed by atoms with Gasteiger partial charge in [-0.05, 0) is 24.5 Å². The van der Waals surface area contributed by atoms with Crippen LogP contribution in [0.3, 0.4) is 0 Å². The first-order chi connectivity index (χ1) is 10.9. The number of carbonyl (C=O) groups is 2. The highest BCUT2D eigenvalue weighted by Gasteiger charge is 2.35. The molecule has 7 heteroatoms. The van der Waals surface area contributed by atoms with E-state index < -0.39 is 9.84 Å². The third-order valence-corrected chi connectivity index (χ3v) is 6.29. The lowest BCUT2D eigenvalue weighted by atomic mass is 10.1. The van der Waals surface area contributed by atoms with E-state index >= 15 is 0 Å². The number of sulfone groups is 1. The van der Waals surface area contributed by atoms with E-state index in [1.165, 1.54) is 0 Å². The molecule has 23 heavy (non-hydrogen) atoms. The number of rotatable bonds is 4. The second-order valence-corrected chi connectivity index (χ2v) is 8.48. The summed E-state index contributed by atoms with van der Waals surface area (Å²) in [6.07, 6.45) is 0.798. The van der Waals surface area contributed by atoms with Gasteiger partial charge in [0.25, 0.3) is 0 Å². The fourth-order valence-electron chi connectivity index (χ4n) is 3.16. The Bertz CT molecular complexity index is 702. The van der Waals surface area contributed by atoms with Crippen molar-refractivity contribution < 1.29 is 18.0 Å². The van der Waals surface area contributed by atoms with E-state index in [0.29, 0.717) is 19.5 Å². The van der Waals surface area contributed by atoms with Gasteiger partial charge in [0.1, 0.15) is 0 Å². The summed E-state index contributed by atoms with van der Waals surface area (Å²) in [6.45, 7) is 0.742. The van der Waals surface area contributed by atoms with E-state index in [9.17, 15) is 18.0 Å². The number of nitrogens with zero attached hydrogens (tertiary/aromatic N) is 1. The van der Waals surface area contributed by atoms with E-state index in [1.54, 1.807) is 4.90 Å². The molecule has 1 N–H and O–H groups in total. The molecule has 0 radical (unpaired) electrons. The van der Waals surface area contributed by atoms with Crippen molar-refractivity contribution in [1.82, 2.24) is 5.32 Å². The molecule has 2 atom stereocenters. The average molecular weight is 336 g/mol. The monoisotopic (exact) mass is 336 g/mol. The molecule has 1 aromatic carbocycles. The minimum atomic E-state index is -2.93. The van der Waals surface area contributed by atoms with Gasteiger partial charge < -0.3 is 10.2 Å². The number of anilines is 1. The Morgan fingerprint density at radius 1 is 1.26 bits per heavy atom. The van der Waals surface area contributed by atoms with Crippen LogP contribution in [0.5, 0.6) is 0 Å². The first kappa shape index (κ1) is 16.0. The maximum atomic E-state index is 12.2. The maximum absolute atomic E-state index is 12.2. The summed E-state index contributed by atoms with van der Waals surface area (Å²) in [5.41, 5.74) is 0.801. The number of para-hydroxylation sites is 1. The second kappa shape index (κ2) is 6.31. The fraction of sp³-hybridized carbons (Fsp3) is 0.500. The summed E-state index contributed by atoms with van der Waals surface area (Å²) in [7, 11) is -2.93. The molecule has 0 aromatic heterocycles. The van der Waals surface area contributed by atoms with Crippen LogP contribution in [-0.2, 0) is 19.4 Å². The molecular weight excluding hydrogens is 316 g/mol. The molecule has 2 amide bonds. The average Bonchev–Trinajstić information content (AvgIpc) is 3.08. The lowest BCUT2D eigenvalue weighted by Crippen LogP contribution is -2.36. The van der Waals surface area contributed by atoms with E-state index in [4.69, 9.17) is 0 Å². The molecule has 6 nitrogen and oxygen atoms in total. The summed E-state index contributed by atoms with van der Waals surface area (Å²) in [6, 6.07) is 9.29. The quantitative estimate of drug-likeness (QED) is 0.872. The zero-order valence-corrected chi connectivity index (χ0v) is 13.6. The summed E-state index contributed by atoms with van der Waals surface area (Å²) in [4.78, 5) is 26.0. The molecular formula is C16H20N2O4S. The van der Waals surface area contributed by atoms with E-state index in [2.05, 4.69) is 5.32 Å². The second-order valence-electron chi connectivity index (χ2n) is 6.26. The van der Waals surface area contributed by atoms with Crippen molar-refractivity contribution in [2.24, 2.45) is 11.8 Å². The number of hydrogen-bond acceptors (Lipinski definition) is 4. The van der Waals surface area contributed by atoms with Gasteiger partial charge >= 0.3 is 0 Å². The summed E-state index contributed by atoms with van der Waals surface area (Å²) < 4.78 is 22.8. The molecule has 0 aliphatic carbocycles. The maximum Gasteiger partial charge on any atom is 0.227 e. The third-order valence-electron chi connectivity index (χ3n) is 4.46. The fourth-order valence-corrected chi connectivity index (χ4v) is 5.02. The lowest BCUT2D eigenvalue weighted by Gasteiger charge is -2.17. The Balaban J connectivity index is 1.54. The van der Waals surface area contributed by atoms with Crippen LogP contribution in [0.15, 0.2) is 30.3 Å². The van der Waals surface area contributed by atoms with Crippen LogP contribution in [0.25, 0.3) is 0 Å². The van der Waals surface area contributed by atoms with Crippen LogP contribution < -0.4 is 10.2 Å². The van der Waals surface area contributed by atoms with Crippen LogP contribution >= 0.6 is 0 Å². The van der Waals surface area contributed by atoms with Crippen molar-refractivity contribution in [3.05, 3.63) is 30.3 Å². The Kier molecular flexibility index (Phi) is 4.39. The largest absolute Gasteiger partial charge is 0.355 e. The summed E-state index contributed by atoms with van der Waals surface area (Å²) in [5.74, 6) is -0.252. The van der Waals surface area contributed by atoms with Crippen molar-refractivity contribution in [1.29, 1.82) is 0 Å². The smallest absolute Gasteiger partial charge is 0.227 e. The first-order valence-corrected chi connectivity index (χ1v) is 9.60. The van der Waals surface area contributed by atoms with Crippen molar-refractivity contribution in [2.45, 2.75) is 12.8 Å². The highest BCUT2D eigenvalue weighted by Crippen LogP contribution is 2.25. The lowest BCUT2D eigenvalue weighted by molar-refractivity contribution is -0.126. The number of benzene rings is 1. The number of carbonyl (C=O) groups excluding carboxylic acids is 2. The predicted molar refractivity (Wildman–Crippen MR) is 86.7 cm³/mol. The van der Waals surface area contributed by atoms with Crippen LogP contribution in [0.1, 0.15) is 12.8 Å². The predicted octanol–water partition coefficient (Wildman–Crippen LogP) is 0.590. The third kappa shape index (κ3) is 3.72. The van der Waals surface area contributed by atoms with E-state index in [0.717, 1.165) is 5.69 Å². The molecule has 0 bridgehead atoms. The van der Waals surface area contributed by atoms with Crippen LogP contribution in [0, 0.1) is 11.8 Å². The SMILES string of the molecule is O=C(NC[C@H]1CCS(=O)(=O)C1)[C@@H]1CC(=O)N(c2ccccc2)C1. The van der Waals surface area contributed by atoms with Crippen LogP contribution in [-0.4, -0.2) is 44.8 Å². The molecule has 3 rings (SSSR count). The van der Waals surface area contributed by atoms with Gasteiger partial charge in [0.2, 0.25) is 11.8 Å². The molecule has 2 aliphatic heterocycles. The van der Waals surface area contributed by atoms with Crippen molar-refractivity contribution in [3.8, 4) is 0 Å². The Labute approximate surface area is 135 Å². The van der Waals surface area contributed by atoms with Gasteiger partial charge in [-0.1, -0.05) is 18.2 Å². The zero-order valence-electron chi connectivity index (χ0n) is 12.8. The van der Waals surface area contributed by atoms with Crippen molar-refractivity contribution in [3.63, 3.8) is 0 Å². The normalized spacial score (nSPS) is 26.4. The minimum Gasteiger partial charge on any atom is -0.355 e. The van der Waals surface area contributed by atoms with Gasteiger partial charge in [0.05, 0.1) is 17.4 Å². The number of amides is 2. The molecule has 124 valence electrons. The van der Waals surface area contributed by atoms with E-state index in [1.807, 2.05) is 30.3 Å². The van der Waals surface area contributed by atoms with Gasteiger partial charge in [0.15, 0.2) is 9.84 Å². The van der Waals surface area contributed by atoms with Gasteiger partial charge in [-0.25, -0.2) is 8.42 Å². The van der Waals surface area contributed by atoms with Gasteiger partial charge in [-0.3, -0.25) is 9.59 Å². The highest BCUT2D eigenvalue weighted by molar-refractivity contribution is 7.91. The molecule has 1 aromatic rings. The van der Waals surface area contributed by atoms with E-state index in [-0.39, 0.29) is 41.6 Å². The Hall–Kier alpha value is -1.89. The molecule has 0 saturated carbocycles. The Morgan fingerprint density at radius 2 is 2.00 bits per heavy atom. The zero-order chi connectivity index (χ0) is 16.4. The summed E-state index contributed by atoms with van der Waals surface area (Å²) >= 11 is 0. The van der Waals surface area contributed by atoms with Gasteiger partial charge in [0, 0.05) is 25.2 Å². The van der Waals surface area contributed by atoms with Gasteiger partial charge in [-0.15, -0.1) is 0 Å². The molecule has 0 spiro atoms. The number of hydrogen-bond donors (Lipinski definition) is 1. The summed E-state index contributed by atoms with van der Waals surface area (Å²) in [5, 5.41) is 2.81. The standard InChI is InChI=1S/C16H20N2O4S/c19-15-8-13(10-18(15)14-4-2-1-3-5-14)16(20)17-9-12-6-7-23(21,22)11-12/h1-5,12-13H,6-11H2,(H,17,20)/t12-,13-/m1/s1. The van der Waals surface area contributed by atoms with Crippen LogP contribution in [0.2, 0.25) is 0 Å². The highest BCUT2D eigenvalue weighted by atomic mass is 32.2. The Morgan fingerprint density at radius 3 is 2.65 bits per heavy atom. The molecule has 2 fully saturated rings. The molecule has 2 aliphatic rings.